The molecular weight excluding hydrogens is 322 g/mol. The second kappa shape index (κ2) is 6.38. The lowest BCUT2D eigenvalue weighted by molar-refractivity contribution is 0.204. The van der Waals surface area contributed by atoms with Crippen LogP contribution in [0.25, 0.3) is 11.4 Å². The Morgan fingerprint density at radius 3 is 2.79 bits per heavy atom. The molecule has 2 aromatic carbocycles. The van der Waals surface area contributed by atoms with E-state index in [-0.39, 0.29) is 0 Å². The molecule has 0 N–H and O–H groups in total. The van der Waals surface area contributed by atoms with Gasteiger partial charge in [0.05, 0.1) is 6.54 Å². The second-order valence-electron chi connectivity index (χ2n) is 6.19. The maximum Gasteiger partial charge on any atom is 0.241 e. The van der Waals surface area contributed by atoms with Crippen LogP contribution in [0.15, 0.2) is 53.1 Å². The van der Waals surface area contributed by atoms with Crippen molar-refractivity contribution in [1.29, 1.82) is 0 Å². The van der Waals surface area contributed by atoms with E-state index in [2.05, 4.69) is 46.4 Å². The Kier molecular flexibility index (Phi) is 4.08. The molecule has 0 saturated carbocycles. The van der Waals surface area contributed by atoms with Gasteiger partial charge in [0, 0.05) is 16.6 Å². The molecule has 24 heavy (non-hydrogen) atoms. The first kappa shape index (κ1) is 15.4. The van der Waals surface area contributed by atoms with Crippen LogP contribution in [0.4, 0.5) is 0 Å². The van der Waals surface area contributed by atoms with Gasteiger partial charge in [-0.3, -0.25) is 4.90 Å². The van der Waals surface area contributed by atoms with Crippen molar-refractivity contribution in [2.75, 3.05) is 7.05 Å². The quantitative estimate of drug-likeness (QED) is 0.701. The Bertz CT molecular complexity index is 844. The Morgan fingerprint density at radius 2 is 1.96 bits per heavy atom. The first-order valence-corrected chi connectivity index (χ1v) is 8.45. The van der Waals surface area contributed by atoms with Crippen molar-refractivity contribution < 1.29 is 4.52 Å². The molecule has 0 saturated heterocycles. The summed E-state index contributed by atoms with van der Waals surface area (Å²) in [6.45, 7) is 0.638. The lowest BCUT2D eigenvalue weighted by atomic mass is 10.1. The van der Waals surface area contributed by atoms with Gasteiger partial charge >= 0.3 is 0 Å². The van der Waals surface area contributed by atoms with Crippen molar-refractivity contribution in [3.05, 3.63) is 70.6 Å². The van der Waals surface area contributed by atoms with Gasteiger partial charge in [0.15, 0.2) is 0 Å². The third-order valence-corrected chi connectivity index (χ3v) is 4.84. The summed E-state index contributed by atoms with van der Waals surface area (Å²) in [6, 6.07) is 16.5. The van der Waals surface area contributed by atoms with Crippen LogP contribution in [0.1, 0.15) is 29.5 Å². The molecule has 4 nitrogen and oxygen atoms in total. The summed E-state index contributed by atoms with van der Waals surface area (Å²) in [7, 11) is 2.11. The van der Waals surface area contributed by atoms with E-state index in [1.165, 1.54) is 11.1 Å². The standard InChI is InChI=1S/C19H18ClN3O/c1-23(17-11-8-13-4-2-3-5-16(13)17)12-18-21-19(22-24-18)14-6-9-15(20)10-7-14/h2-7,9-10,17H,8,11-12H2,1H3/t17-/m1/s1. The molecule has 1 heterocycles. The first-order chi connectivity index (χ1) is 11.7. The van der Waals surface area contributed by atoms with E-state index < -0.39 is 0 Å². The van der Waals surface area contributed by atoms with Gasteiger partial charge in [-0.25, -0.2) is 0 Å². The minimum absolute atomic E-state index is 0.409. The maximum absolute atomic E-state index is 5.92. The summed E-state index contributed by atoms with van der Waals surface area (Å²) in [6.07, 6.45) is 2.26. The summed E-state index contributed by atoms with van der Waals surface area (Å²) in [5, 5.41) is 4.78. The number of hydrogen-bond acceptors (Lipinski definition) is 4. The van der Waals surface area contributed by atoms with Gasteiger partial charge in [-0.1, -0.05) is 41.0 Å². The summed E-state index contributed by atoms with van der Waals surface area (Å²) < 4.78 is 5.43. The highest BCUT2D eigenvalue weighted by molar-refractivity contribution is 6.30. The number of benzene rings is 2. The van der Waals surface area contributed by atoms with Crippen molar-refractivity contribution in [3.63, 3.8) is 0 Å². The molecule has 3 aromatic rings. The van der Waals surface area contributed by atoms with Crippen LogP contribution in [-0.4, -0.2) is 22.1 Å². The van der Waals surface area contributed by atoms with Gasteiger partial charge in [0.25, 0.3) is 0 Å². The monoisotopic (exact) mass is 339 g/mol. The van der Waals surface area contributed by atoms with Gasteiger partial charge in [0.1, 0.15) is 0 Å². The number of rotatable bonds is 4. The molecule has 1 aliphatic carbocycles. The molecule has 0 radical (unpaired) electrons. The topological polar surface area (TPSA) is 42.2 Å². The van der Waals surface area contributed by atoms with Crippen LogP contribution in [-0.2, 0) is 13.0 Å². The predicted octanol–water partition coefficient (Wildman–Crippen LogP) is 4.51. The second-order valence-corrected chi connectivity index (χ2v) is 6.62. The highest BCUT2D eigenvalue weighted by Crippen LogP contribution is 2.35. The molecule has 0 unspecified atom stereocenters. The molecule has 122 valence electrons. The molecule has 0 fully saturated rings. The molecule has 1 atom stereocenters. The predicted molar refractivity (Wildman–Crippen MR) is 93.7 cm³/mol. The number of nitrogens with zero attached hydrogens (tertiary/aromatic N) is 3. The molecule has 0 bridgehead atoms. The number of fused-ring (bicyclic) bond motifs is 1. The van der Waals surface area contributed by atoms with Gasteiger partial charge in [-0.15, -0.1) is 0 Å². The fourth-order valence-electron chi connectivity index (χ4n) is 3.35. The Balaban J connectivity index is 1.49. The average Bonchev–Trinajstić information content (AvgIpc) is 3.22. The van der Waals surface area contributed by atoms with E-state index in [4.69, 9.17) is 16.1 Å². The smallest absolute Gasteiger partial charge is 0.241 e. The number of aromatic nitrogens is 2. The number of hydrogen-bond donors (Lipinski definition) is 0. The van der Waals surface area contributed by atoms with Crippen LogP contribution < -0.4 is 0 Å². The molecule has 0 spiro atoms. The minimum atomic E-state index is 0.409. The van der Waals surface area contributed by atoms with Gasteiger partial charge in [0.2, 0.25) is 11.7 Å². The summed E-state index contributed by atoms with van der Waals surface area (Å²) in [5.74, 6) is 1.23. The Labute approximate surface area is 146 Å². The molecule has 0 aliphatic heterocycles. The number of halogens is 1. The SMILES string of the molecule is CN(Cc1nc(-c2ccc(Cl)cc2)no1)[C@@H]1CCc2ccccc21. The van der Waals surface area contributed by atoms with Crippen LogP contribution in [0.2, 0.25) is 5.02 Å². The Morgan fingerprint density at radius 1 is 1.17 bits per heavy atom. The van der Waals surface area contributed by atoms with E-state index in [9.17, 15) is 0 Å². The molecule has 1 aliphatic rings. The van der Waals surface area contributed by atoms with Crippen LogP contribution >= 0.6 is 11.6 Å². The zero-order chi connectivity index (χ0) is 16.5. The molecular formula is C19H18ClN3O. The van der Waals surface area contributed by atoms with Crippen LogP contribution in [0, 0.1) is 0 Å². The van der Waals surface area contributed by atoms with Crippen LogP contribution in [0.3, 0.4) is 0 Å². The number of aryl methyl sites for hydroxylation is 1. The lowest BCUT2D eigenvalue weighted by Gasteiger charge is -2.23. The fraction of sp³-hybridized carbons (Fsp3) is 0.263. The highest BCUT2D eigenvalue weighted by Gasteiger charge is 2.26. The largest absolute Gasteiger partial charge is 0.338 e. The normalized spacial score (nSPS) is 16.5. The van der Waals surface area contributed by atoms with Gasteiger partial charge in [-0.05, 0) is 55.3 Å². The molecule has 1 aromatic heterocycles. The van der Waals surface area contributed by atoms with Crippen LogP contribution in [0.5, 0.6) is 0 Å². The van der Waals surface area contributed by atoms with E-state index >= 15 is 0 Å². The zero-order valence-corrected chi connectivity index (χ0v) is 14.2. The highest BCUT2D eigenvalue weighted by atomic mass is 35.5. The van der Waals surface area contributed by atoms with E-state index in [0.29, 0.717) is 29.3 Å². The zero-order valence-electron chi connectivity index (χ0n) is 13.4. The van der Waals surface area contributed by atoms with Gasteiger partial charge < -0.3 is 4.52 Å². The third-order valence-electron chi connectivity index (χ3n) is 4.59. The van der Waals surface area contributed by atoms with Crippen molar-refractivity contribution >= 4 is 11.6 Å². The van der Waals surface area contributed by atoms with Gasteiger partial charge in [-0.2, -0.15) is 4.98 Å². The minimum Gasteiger partial charge on any atom is -0.338 e. The van der Waals surface area contributed by atoms with Crippen molar-refractivity contribution in [2.24, 2.45) is 0 Å². The lowest BCUT2D eigenvalue weighted by Crippen LogP contribution is -2.22. The van der Waals surface area contributed by atoms with E-state index in [0.717, 1.165) is 18.4 Å². The van der Waals surface area contributed by atoms with Crippen molar-refractivity contribution in [1.82, 2.24) is 15.0 Å². The first-order valence-electron chi connectivity index (χ1n) is 8.07. The molecule has 5 heteroatoms. The fourth-order valence-corrected chi connectivity index (χ4v) is 3.48. The summed E-state index contributed by atoms with van der Waals surface area (Å²) >= 11 is 5.92. The third kappa shape index (κ3) is 2.95. The van der Waals surface area contributed by atoms with Crippen molar-refractivity contribution in [3.8, 4) is 11.4 Å². The average molecular weight is 340 g/mol. The molecule has 0 amide bonds. The van der Waals surface area contributed by atoms with E-state index in [1.807, 2.05) is 24.3 Å². The summed E-state index contributed by atoms with van der Waals surface area (Å²) in [4.78, 5) is 6.80. The molecule has 4 rings (SSSR count). The van der Waals surface area contributed by atoms with Crippen molar-refractivity contribution in [2.45, 2.75) is 25.4 Å². The maximum atomic E-state index is 5.92. The Hall–Kier alpha value is -2.17. The summed E-state index contributed by atoms with van der Waals surface area (Å²) in [5.41, 5.74) is 3.77. The van der Waals surface area contributed by atoms with E-state index in [1.54, 1.807) is 0 Å².